The maximum atomic E-state index is 11.8. The highest BCUT2D eigenvalue weighted by Gasteiger charge is 2.08. The molecule has 0 unspecified atom stereocenters. The van der Waals surface area contributed by atoms with Gasteiger partial charge in [-0.25, -0.2) is 9.97 Å². The van der Waals surface area contributed by atoms with Crippen LogP contribution >= 0.6 is 0 Å². The second-order valence-corrected chi connectivity index (χ2v) is 4.53. The quantitative estimate of drug-likeness (QED) is 0.631. The zero-order valence-electron chi connectivity index (χ0n) is 12.2. The highest BCUT2D eigenvalue weighted by atomic mass is 16.1. The Morgan fingerprint density at radius 1 is 1.32 bits per heavy atom. The predicted molar refractivity (Wildman–Crippen MR) is 84.3 cm³/mol. The number of nitrogens with one attached hydrogen (secondary N) is 2. The van der Waals surface area contributed by atoms with Gasteiger partial charge in [0.25, 0.3) is 5.91 Å². The van der Waals surface area contributed by atoms with Gasteiger partial charge in [0.2, 0.25) is 5.95 Å². The van der Waals surface area contributed by atoms with E-state index in [0.717, 1.165) is 0 Å². The van der Waals surface area contributed by atoms with Crippen molar-refractivity contribution in [3.63, 3.8) is 0 Å². The van der Waals surface area contributed by atoms with Crippen LogP contribution in [0.1, 0.15) is 27.8 Å². The maximum Gasteiger partial charge on any atom is 0.270 e. The Morgan fingerprint density at radius 2 is 2.14 bits per heavy atom. The van der Waals surface area contributed by atoms with E-state index >= 15 is 0 Å². The van der Waals surface area contributed by atoms with Gasteiger partial charge in [-0.1, -0.05) is 18.2 Å². The summed E-state index contributed by atoms with van der Waals surface area (Å²) in [7, 11) is 0. The lowest BCUT2D eigenvalue weighted by molar-refractivity contribution is 0.0952. The fraction of sp³-hybridized carbons (Fsp3) is 0.125. The molecular weight excluding hydrogens is 280 g/mol. The summed E-state index contributed by atoms with van der Waals surface area (Å²) < 4.78 is 0. The molecule has 0 fully saturated rings. The van der Waals surface area contributed by atoms with E-state index in [1.165, 1.54) is 19.2 Å². The standard InChI is InChI=1S/C16H16N4O2/c1-3-8-17-15(22)14-7-9-18-16(20-14)19-13-6-4-5-12(10-13)11(2)21/h3-7,9-10H,1,8H2,2H3,(H,17,22)(H,18,19,20). The van der Waals surface area contributed by atoms with Gasteiger partial charge < -0.3 is 10.6 Å². The lowest BCUT2D eigenvalue weighted by Crippen LogP contribution is -2.24. The number of aromatic nitrogens is 2. The van der Waals surface area contributed by atoms with Gasteiger partial charge in [-0.2, -0.15) is 0 Å². The number of Topliss-reactive ketones (excluding diaryl/α,β-unsaturated/α-hetero) is 1. The van der Waals surface area contributed by atoms with Crippen molar-refractivity contribution in [1.29, 1.82) is 0 Å². The SMILES string of the molecule is C=CCNC(=O)c1ccnc(Nc2cccc(C(C)=O)c2)n1. The molecule has 2 rings (SSSR count). The van der Waals surface area contributed by atoms with Crippen LogP contribution in [0, 0.1) is 0 Å². The molecule has 112 valence electrons. The Labute approximate surface area is 128 Å². The lowest BCUT2D eigenvalue weighted by atomic mass is 10.1. The van der Waals surface area contributed by atoms with Gasteiger partial charge in [-0.15, -0.1) is 6.58 Å². The number of hydrogen-bond donors (Lipinski definition) is 2. The number of rotatable bonds is 6. The molecule has 1 aromatic heterocycles. The number of carbonyl (C=O) groups is 2. The molecule has 0 saturated carbocycles. The molecule has 0 atom stereocenters. The minimum absolute atomic E-state index is 0.0258. The molecule has 0 spiro atoms. The van der Waals surface area contributed by atoms with Crippen LogP contribution in [0.2, 0.25) is 0 Å². The van der Waals surface area contributed by atoms with E-state index in [9.17, 15) is 9.59 Å². The molecule has 2 N–H and O–H groups in total. The summed E-state index contributed by atoms with van der Waals surface area (Å²) in [5, 5.41) is 5.62. The van der Waals surface area contributed by atoms with Crippen LogP contribution in [0.25, 0.3) is 0 Å². The summed E-state index contributed by atoms with van der Waals surface area (Å²) in [4.78, 5) is 31.4. The van der Waals surface area contributed by atoms with E-state index in [1.54, 1.807) is 30.3 Å². The van der Waals surface area contributed by atoms with Crippen molar-refractivity contribution < 1.29 is 9.59 Å². The molecule has 0 aliphatic rings. The predicted octanol–water partition coefficient (Wildman–Crippen LogP) is 2.34. The molecule has 2 aromatic rings. The number of carbonyl (C=O) groups excluding carboxylic acids is 2. The third kappa shape index (κ3) is 3.99. The van der Waals surface area contributed by atoms with Crippen molar-refractivity contribution in [2.45, 2.75) is 6.92 Å². The molecule has 6 heteroatoms. The number of anilines is 2. The molecule has 0 aliphatic carbocycles. The van der Waals surface area contributed by atoms with Gasteiger partial charge in [0.1, 0.15) is 5.69 Å². The van der Waals surface area contributed by atoms with Crippen molar-refractivity contribution >= 4 is 23.3 Å². The number of nitrogens with zero attached hydrogens (tertiary/aromatic N) is 2. The van der Waals surface area contributed by atoms with Crippen LogP contribution < -0.4 is 10.6 Å². The second kappa shape index (κ2) is 7.12. The van der Waals surface area contributed by atoms with Crippen molar-refractivity contribution in [3.05, 3.63) is 60.4 Å². The molecule has 22 heavy (non-hydrogen) atoms. The number of benzene rings is 1. The van der Waals surface area contributed by atoms with Crippen LogP contribution in [0.15, 0.2) is 49.2 Å². The first-order valence-electron chi connectivity index (χ1n) is 6.70. The summed E-state index contributed by atoms with van der Waals surface area (Å²) in [6, 6.07) is 8.51. The monoisotopic (exact) mass is 296 g/mol. The molecule has 1 aromatic carbocycles. The van der Waals surface area contributed by atoms with Gasteiger partial charge in [0.05, 0.1) is 0 Å². The van der Waals surface area contributed by atoms with Gasteiger partial charge in [-0.3, -0.25) is 9.59 Å². The van der Waals surface area contributed by atoms with Crippen molar-refractivity contribution in [1.82, 2.24) is 15.3 Å². The number of amides is 1. The van der Waals surface area contributed by atoms with Crippen LogP contribution in [0.4, 0.5) is 11.6 Å². The van der Waals surface area contributed by atoms with Gasteiger partial charge in [0, 0.05) is 24.0 Å². The molecular formula is C16H16N4O2. The first-order valence-corrected chi connectivity index (χ1v) is 6.70. The average Bonchev–Trinajstić information content (AvgIpc) is 2.53. The van der Waals surface area contributed by atoms with Gasteiger partial charge in [0.15, 0.2) is 5.78 Å². The highest BCUT2D eigenvalue weighted by molar-refractivity contribution is 5.95. The molecule has 0 radical (unpaired) electrons. The Kier molecular flexibility index (Phi) is 4.98. The highest BCUT2D eigenvalue weighted by Crippen LogP contribution is 2.15. The van der Waals surface area contributed by atoms with Crippen LogP contribution in [0.5, 0.6) is 0 Å². The van der Waals surface area contributed by atoms with E-state index < -0.39 is 0 Å². The molecule has 0 aliphatic heterocycles. The first-order chi connectivity index (χ1) is 10.6. The van der Waals surface area contributed by atoms with E-state index in [0.29, 0.717) is 17.8 Å². The third-order valence-corrected chi connectivity index (χ3v) is 2.82. The van der Waals surface area contributed by atoms with Crippen molar-refractivity contribution in [2.75, 3.05) is 11.9 Å². The maximum absolute atomic E-state index is 11.8. The fourth-order valence-corrected chi connectivity index (χ4v) is 1.75. The average molecular weight is 296 g/mol. The van der Waals surface area contributed by atoms with Crippen LogP contribution in [0.3, 0.4) is 0 Å². The third-order valence-electron chi connectivity index (χ3n) is 2.82. The Bertz CT molecular complexity index is 713. The molecule has 6 nitrogen and oxygen atoms in total. The summed E-state index contributed by atoms with van der Waals surface area (Å²) in [5.74, 6) is -0.0445. The molecule has 0 bridgehead atoms. The summed E-state index contributed by atoms with van der Waals surface area (Å²) in [6.45, 7) is 5.40. The minimum Gasteiger partial charge on any atom is -0.347 e. The Balaban J connectivity index is 2.16. The smallest absolute Gasteiger partial charge is 0.270 e. The summed E-state index contributed by atoms with van der Waals surface area (Å²) in [5.41, 5.74) is 1.52. The lowest BCUT2D eigenvalue weighted by Gasteiger charge is -2.07. The first kappa shape index (κ1) is 15.4. The van der Waals surface area contributed by atoms with E-state index in [1.807, 2.05) is 0 Å². The Hall–Kier alpha value is -3.02. The number of hydrogen-bond acceptors (Lipinski definition) is 5. The largest absolute Gasteiger partial charge is 0.347 e. The summed E-state index contributed by atoms with van der Waals surface area (Å²) in [6.07, 6.45) is 3.08. The Morgan fingerprint density at radius 3 is 2.86 bits per heavy atom. The fourth-order valence-electron chi connectivity index (χ4n) is 1.75. The molecule has 0 saturated heterocycles. The van der Waals surface area contributed by atoms with E-state index in [4.69, 9.17) is 0 Å². The van der Waals surface area contributed by atoms with Crippen molar-refractivity contribution in [3.8, 4) is 0 Å². The van der Waals surface area contributed by atoms with E-state index in [2.05, 4.69) is 27.2 Å². The topological polar surface area (TPSA) is 84.0 Å². The zero-order chi connectivity index (χ0) is 15.9. The van der Waals surface area contributed by atoms with Gasteiger partial charge >= 0.3 is 0 Å². The molecule has 1 heterocycles. The second-order valence-electron chi connectivity index (χ2n) is 4.53. The summed E-state index contributed by atoms with van der Waals surface area (Å²) >= 11 is 0. The molecule has 1 amide bonds. The minimum atomic E-state index is -0.303. The normalized spacial score (nSPS) is 9.86. The van der Waals surface area contributed by atoms with Crippen molar-refractivity contribution in [2.24, 2.45) is 0 Å². The van der Waals surface area contributed by atoms with Gasteiger partial charge in [-0.05, 0) is 25.1 Å². The van der Waals surface area contributed by atoms with Crippen LogP contribution in [-0.2, 0) is 0 Å². The number of ketones is 1. The van der Waals surface area contributed by atoms with E-state index in [-0.39, 0.29) is 23.3 Å². The zero-order valence-corrected chi connectivity index (χ0v) is 12.2. The van der Waals surface area contributed by atoms with Crippen LogP contribution in [-0.4, -0.2) is 28.2 Å².